The van der Waals surface area contributed by atoms with Gasteiger partial charge in [-0.15, -0.1) is 0 Å². The van der Waals surface area contributed by atoms with E-state index in [4.69, 9.17) is 5.14 Å². The molecule has 0 radical (unpaired) electrons. The van der Waals surface area contributed by atoms with Crippen molar-refractivity contribution in [1.82, 2.24) is 9.78 Å². The third kappa shape index (κ3) is 2.31. The number of hydrogen-bond donors (Lipinski definition) is 1. The minimum Gasteiger partial charge on any atom is -0.275 e. The van der Waals surface area contributed by atoms with E-state index in [1.807, 2.05) is 0 Å². The van der Waals surface area contributed by atoms with Gasteiger partial charge in [0.1, 0.15) is 0 Å². The summed E-state index contributed by atoms with van der Waals surface area (Å²) in [5.41, 5.74) is 1.35. The molecule has 2 N–H and O–H groups in total. The molecule has 0 aromatic carbocycles. The van der Waals surface area contributed by atoms with Crippen LogP contribution in [-0.4, -0.2) is 18.2 Å². The molecule has 1 heterocycles. The van der Waals surface area contributed by atoms with Crippen molar-refractivity contribution in [3.8, 4) is 0 Å². The molecule has 1 aromatic rings. The summed E-state index contributed by atoms with van der Waals surface area (Å²) in [6.45, 7) is 1.75. The van der Waals surface area contributed by atoms with Gasteiger partial charge in [-0.1, -0.05) is 0 Å². The number of rotatable bonds is 2. The number of aryl methyl sites for hydroxylation is 2. The van der Waals surface area contributed by atoms with Gasteiger partial charge < -0.3 is 0 Å². The van der Waals surface area contributed by atoms with Crippen LogP contribution >= 0.6 is 0 Å². The van der Waals surface area contributed by atoms with Crippen molar-refractivity contribution in [3.05, 3.63) is 17.5 Å². The quantitative estimate of drug-likeness (QED) is 0.682. The predicted molar refractivity (Wildman–Crippen MR) is 44.8 cm³/mol. The van der Waals surface area contributed by atoms with Gasteiger partial charge in [0.2, 0.25) is 10.0 Å². The van der Waals surface area contributed by atoms with Crippen molar-refractivity contribution in [2.24, 2.45) is 12.2 Å². The maximum atomic E-state index is 10.7. The summed E-state index contributed by atoms with van der Waals surface area (Å²) in [7, 11) is -1.70. The molecule has 0 atom stereocenters. The molecule has 0 amide bonds. The van der Waals surface area contributed by atoms with E-state index in [1.54, 1.807) is 24.9 Å². The Kier molecular flexibility index (Phi) is 2.20. The highest BCUT2D eigenvalue weighted by molar-refractivity contribution is 7.88. The van der Waals surface area contributed by atoms with E-state index in [9.17, 15) is 8.42 Å². The highest BCUT2D eigenvalue weighted by atomic mass is 32.2. The second kappa shape index (κ2) is 2.87. The van der Waals surface area contributed by atoms with E-state index in [1.165, 1.54) is 0 Å². The molecule has 68 valence electrons. The van der Waals surface area contributed by atoms with Gasteiger partial charge in [0.25, 0.3) is 0 Å². The van der Waals surface area contributed by atoms with Crippen molar-refractivity contribution < 1.29 is 8.42 Å². The molecule has 0 aliphatic carbocycles. The minimum absolute atomic E-state index is 0.146. The number of sulfonamides is 1. The average molecular weight is 189 g/mol. The Morgan fingerprint density at radius 3 is 2.58 bits per heavy atom. The molecule has 0 saturated heterocycles. The lowest BCUT2D eigenvalue weighted by molar-refractivity contribution is 0.597. The molecule has 0 fully saturated rings. The van der Waals surface area contributed by atoms with Crippen molar-refractivity contribution >= 4 is 10.0 Å². The number of nitrogens with two attached hydrogens (primary N) is 1. The fraction of sp³-hybridized carbons (Fsp3) is 0.500. The van der Waals surface area contributed by atoms with Gasteiger partial charge in [-0.05, 0) is 6.92 Å². The van der Waals surface area contributed by atoms with Gasteiger partial charge in [-0.2, -0.15) is 5.10 Å². The molecule has 0 spiro atoms. The molecular weight excluding hydrogens is 178 g/mol. The second-order valence-electron chi connectivity index (χ2n) is 2.72. The van der Waals surface area contributed by atoms with Crippen molar-refractivity contribution in [2.75, 3.05) is 0 Å². The van der Waals surface area contributed by atoms with Gasteiger partial charge in [-0.25, -0.2) is 13.6 Å². The first-order valence-corrected chi connectivity index (χ1v) is 5.09. The zero-order valence-corrected chi connectivity index (χ0v) is 7.80. The second-order valence-corrected chi connectivity index (χ2v) is 4.34. The van der Waals surface area contributed by atoms with Crippen LogP contribution in [0.5, 0.6) is 0 Å². The molecule has 0 unspecified atom stereocenters. The van der Waals surface area contributed by atoms with Gasteiger partial charge in [-0.3, -0.25) is 4.68 Å². The van der Waals surface area contributed by atoms with E-state index in [0.717, 1.165) is 0 Å². The molecule has 5 nitrogen and oxygen atoms in total. The van der Waals surface area contributed by atoms with Crippen LogP contribution in [0.15, 0.2) is 6.20 Å². The fourth-order valence-corrected chi connectivity index (χ4v) is 1.72. The Balaban J connectivity index is 2.97. The van der Waals surface area contributed by atoms with Gasteiger partial charge in [0.05, 0.1) is 11.4 Å². The molecule has 1 rings (SSSR count). The number of hydrogen-bond acceptors (Lipinski definition) is 3. The number of aromatic nitrogens is 2. The molecule has 0 aliphatic heterocycles. The first kappa shape index (κ1) is 9.21. The van der Waals surface area contributed by atoms with Crippen molar-refractivity contribution in [2.45, 2.75) is 12.7 Å². The largest absolute Gasteiger partial charge is 0.275 e. The lowest BCUT2D eigenvalue weighted by atomic mass is 10.3. The zero-order valence-electron chi connectivity index (χ0n) is 6.98. The highest BCUT2D eigenvalue weighted by Gasteiger charge is 2.09. The first-order valence-electron chi connectivity index (χ1n) is 3.38. The molecule has 0 aliphatic rings. The number of primary sulfonamides is 1. The first-order chi connectivity index (χ1) is 5.38. The molecule has 6 heteroatoms. The summed E-state index contributed by atoms with van der Waals surface area (Å²) in [6.07, 6.45) is 1.65. The van der Waals surface area contributed by atoms with Gasteiger partial charge >= 0.3 is 0 Å². The average Bonchev–Trinajstić information content (AvgIpc) is 2.06. The van der Waals surface area contributed by atoms with Crippen LogP contribution in [-0.2, 0) is 22.8 Å². The Morgan fingerprint density at radius 2 is 2.25 bits per heavy atom. The Labute approximate surface area is 71.2 Å². The van der Waals surface area contributed by atoms with Crippen molar-refractivity contribution in [3.63, 3.8) is 0 Å². The normalized spacial score (nSPS) is 11.9. The summed E-state index contributed by atoms with van der Waals surface area (Å²) in [5.74, 6) is -0.146. The third-order valence-electron chi connectivity index (χ3n) is 1.47. The van der Waals surface area contributed by atoms with E-state index in [0.29, 0.717) is 11.3 Å². The van der Waals surface area contributed by atoms with Gasteiger partial charge in [0.15, 0.2) is 0 Å². The van der Waals surface area contributed by atoms with Crippen LogP contribution in [0.3, 0.4) is 0 Å². The third-order valence-corrected chi connectivity index (χ3v) is 2.19. The Bertz CT molecular complexity index is 379. The van der Waals surface area contributed by atoms with Crippen molar-refractivity contribution in [1.29, 1.82) is 0 Å². The molecular formula is C6H11N3O2S. The van der Waals surface area contributed by atoms with E-state index in [-0.39, 0.29) is 5.75 Å². The van der Waals surface area contributed by atoms with Crippen LogP contribution in [0, 0.1) is 6.92 Å². The maximum absolute atomic E-state index is 10.7. The van der Waals surface area contributed by atoms with E-state index >= 15 is 0 Å². The molecule has 1 aromatic heterocycles. The topological polar surface area (TPSA) is 78.0 Å². The molecule has 0 saturated carbocycles. The Hall–Kier alpha value is -0.880. The SMILES string of the molecule is Cc1nn(C)cc1CS(N)(=O)=O. The van der Waals surface area contributed by atoms with Crippen LogP contribution < -0.4 is 5.14 Å². The maximum Gasteiger partial charge on any atom is 0.213 e. The van der Waals surface area contributed by atoms with Gasteiger partial charge in [0, 0.05) is 18.8 Å². The van der Waals surface area contributed by atoms with Crippen LogP contribution in [0.2, 0.25) is 0 Å². The summed E-state index contributed by atoms with van der Waals surface area (Å²) >= 11 is 0. The lowest BCUT2D eigenvalue weighted by Crippen LogP contribution is -2.14. The standard InChI is InChI=1S/C6H11N3O2S/c1-5-6(3-9(2)8-5)4-12(7,10)11/h3H,4H2,1-2H3,(H2,7,10,11). The Morgan fingerprint density at radius 1 is 1.67 bits per heavy atom. The summed E-state index contributed by atoms with van der Waals surface area (Å²) < 4.78 is 23.0. The number of nitrogens with zero attached hydrogens (tertiary/aromatic N) is 2. The smallest absolute Gasteiger partial charge is 0.213 e. The predicted octanol–water partition coefficient (Wildman–Crippen LogP) is -0.483. The minimum atomic E-state index is -3.44. The fourth-order valence-electron chi connectivity index (χ4n) is 1.01. The summed E-state index contributed by atoms with van der Waals surface area (Å²) in [5, 5.41) is 8.87. The van der Waals surface area contributed by atoms with Crippen LogP contribution in [0.25, 0.3) is 0 Å². The summed E-state index contributed by atoms with van der Waals surface area (Å²) in [4.78, 5) is 0. The van der Waals surface area contributed by atoms with Crippen LogP contribution in [0.1, 0.15) is 11.3 Å². The van der Waals surface area contributed by atoms with Crippen LogP contribution in [0.4, 0.5) is 0 Å². The van der Waals surface area contributed by atoms with E-state index in [2.05, 4.69) is 5.10 Å². The lowest BCUT2D eigenvalue weighted by Gasteiger charge is -1.93. The summed E-state index contributed by atoms with van der Waals surface area (Å²) in [6, 6.07) is 0. The highest BCUT2D eigenvalue weighted by Crippen LogP contribution is 2.07. The molecule has 0 bridgehead atoms. The monoisotopic (exact) mass is 189 g/mol. The molecule has 12 heavy (non-hydrogen) atoms. The zero-order chi connectivity index (χ0) is 9.35. The van der Waals surface area contributed by atoms with E-state index < -0.39 is 10.0 Å².